The Labute approximate surface area is 103 Å². The lowest BCUT2D eigenvalue weighted by atomic mass is 10.1. The molecule has 4 heteroatoms. The maximum Gasteiger partial charge on any atom is 0.235 e. The zero-order valence-electron chi connectivity index (χ0n) is 10.5. The number of carbonyl (C=O) groups is 1. The van der Waals surface area contributed by atoms with E-state index in [2.05, 4.69) is 0 Å². The lowest BCUT2D eigenvalue weighted by molar-refractivity contribution is -0.131. The molecule has 1 aliphatic rings. The van der Waals surface area contributed by atoms with Gasteiger partial charge in [-0.05, 0) is 33.1 Å². The van der Waals surface area contributed by atoms with Crippen molar-refractivity contribution in [1.82, 2.24) is 4.90 Å². The molecule has 3 nitrogen and oxygen atoms in total. The minimum Gasteiger partial charge on any atom is -0.392 e. The predicted octanol–water partition coefficient (Wildman–Crippen LogP) is 1.89. The van der Waals surface area contributed by atoms with Gasteiger partial charge in [0.1, 0.15) is 0 Å². The molecule has 0 aromatic carbocycles. The van der Waals surface area contributed by atoms with Crippen LogP contribution in [0, 0.1) is 0 Å². The van der Waals surface area contributed by atoms with Gasteiger partial charge in [-0.2, -0.15) is 0 Å². The van der Waals surface area contributed by atoms with Gasteiger partial charge in [0, 0.05) is 18.3 Å². The molecule has 16 heavy (non-hydrogen) atoms. The highest BCUT2D eigenvalue weighted by molar-refractivity contribution is 8.01. The molecular formula is C12H23NO2S. The molecule has 1 saturated heterocycles. The van der Waals surface area contributed by atoms with Crippen LogP contribution in [0.2, 0.25) is 0 Å². The minimum atomic E-state index is -0.360. The van der Waals surface area contributed by atoms with E-state index >= 15 is 0 Å². The summed E-state index contributed by atoms with van der Waals surface area (Å²) in [6.45, 7) is 7.51. The van der Waals surface area contributed by atoms with Crippen LogP contribution in [0.5, 0.6) is 0 Å². The number of likely N-dealkylation sites (tertiary alicyclic amines) is 1. The van der Waals surface area contributed by atoms with Crippen LogP contribution in [0.3, 0.4) is 0 Å². The van der Waals surface area contributed by atoms with Crippen molar-refractivity contribution in [2.24, 2.45) is 0 Å². The first-order chi connectivity index (χ1) is 7.52. The van der Waals surface area contributed by atoms with Crippen LogP contribution in [0.15, 0.2) is 0 Å². The van der Waals surface area contributed by atoms with Crippen molar-refractivity contribution >= 4 is 17.7 Å². The SMILES string of the molecule is CC(SC(C)C(C)O)C(=O)N1CCCCC1. The summed E-state index contributed by atoms with van der Waals surface area (Å²) in [4.78, 5) is 14.0. The highest BCUT2D eigenvalue weighted by Gasteiger charge is 2.24. The van der Waals surface area contributed by atoms with Gasteiger partial charge in [-0.3, -0.25) is 4.79 Å². The zero-order valence-corrected chi connectivity index (χ0v) is 11.3. The molecule has 3 atom stereocenters. The molecule has 1 aliphatic heterocycles. The van der Waals surface area contributed by atoms with Crippen LogP contribution in [0.4, 0.5) is 0 Å². The van der Waals surface area contributed by atoms with Crippen molar-refractivity contribution in [1.29, 1.82) is 0 Å². The molecule has 0 aromatic rings. The fourth-order valence-corrected chi connectivity index (χ4v) is 3.00. The zero-order chi connectivity index (χ0) is 12.1. The second-order valence-electron chi connectivity index (χ2n) is 4.61. The number of nitrogens with zero attached hydrogens (tertiary/aromatic N) is 1. The van der Waals surface area contributed by atoms with E-state index < -0.39 is 0 Å². The van der Waals surface area contributed by atoms with Gasteiger partial charge in [-0.25, -0.2) is 0 Å². The number of carbonyl (C=O) groups excluding carboxylic acids is 1. The van der Waals surface area contributed by atoms with Crippen molar-refractivity contribution in [2.45, 2.75) is 56.6 Å². The number of rotatable bonds is 4. The fourth-order valence-electron chi connectivity index (χ4n) is 1.87. The van der Waals surface area contributed by atoms with E-state index in [4.69, 9.17) is 0 Å². The fraction of sp³-hybridized carbons (Fsp3) is 0.917. The molecule has 1 fully saturated rings. The number of thioether (sulfide) groups is 1. The highest BCUT2D eigenvalue weighted by atomic mass is 32.2. The van der Waals surface area contributed by atoms with Crippen molar-refractivity contribution in [3.8, 4) is 0 Å². The Bertz CT molecular complexity index is 227. The summed E-state index contributed by atoms with van der Waals surface area (Å²) in [5, 5.41) is 9.49. The first kappa shape index (κ1) is 13.8. The molecule has 94 valence electrons. The quantitative estimate of drug-likeness (QED) is 0.822. The van der Waals surface area contributed by atoms with Crippen molar-refractivity contribution in [3.63, 3.8) is 0 Å². The topological polar surface area (TPSA) is 40.5 Å². The van der Waals surface area contributed by atoms with Gasteiger partial charge in [0.2, 0.25) is 5.91 Å². The number of aliphatic hydroxyl groups excluding tert-OH is 1. The Kier molecular flexibility index (Phi) is 5.62. The van der Waals surface area contributed by atoms with Gasteiger partial charge in [-0.15, -0.1) is 11.8 Å². The lowest BCUT2D eigenvalue weighted by Crippen LogP contribution is -2.40. The molecule has 0 radical (unpaired) electrons. The van der Waals surface area contributed by atoms with E-state index in [1.165, 1.54) is 6.42 Å². The first-order valence-electron chi connectivity index (χ1n) is 6.14. The van der Waals surface area contributed by atoms with Gasteiger partial charge < -0.3 is 10.0 Å². The van der Waals surface area contributed by atoms with Crippen LogP contribution in [-0.4, -0.2) is 45.6 Å². The van der Waals surface area contributed by atoms with Crippen LogP contribution in [-0.2, 0) is 4.79 Å². The van der Waals surface area contributed by atoms with Crippen molar-refractivity contribution in [3.05, 3.63) is 0 Å². The van der Waals surface area contributed by atoms with Crippen LogP contribution in [0.25, 0.3) is 0 Å². The highest BCUT2D eigenvalue weighted by Crippen LogP contribution is 2.23. The molecule has 1 rings (SSSR count). The summed E-state index contributed by atoms with van der Waals surface area (Å²) in [5.41, 5.74) is 0. The molecule has 0 aromatic heterocycles. The summed E-state index contributed by atoms with van der Waals surface area (Å²) >= 11 is 1.57. The third-order valence-corrected chi connectivity index (χ3v) is 4.55. The summed E-state index contributed by atoms with van der Waals surface area (Å²) < 4.78 is 0. The maximum absolute atomic E-state index is 12.1. The number of piperidine rings is 1. The van der Waals surface area contributed by atoms with Gasteiger partial charge in [0.05, 0.1) is 11.4 Å². The van der Waals surface area contributed by atoms with E-state index in [-0.39, 0.29) is 22.5 Å². The molecule has 0 bridgehead atoms. The predicted molar refractivity (Wildman–Crippen MR) is 68.6 cm³/mol. The smallest absolute Gasteiger partial charge is 0.235 e. The average molecular weight is 245 g/mol. The van der Waals surface area contributed by atoms with E-state index in [0.717, 1.165) is 25.9 Å². The molecule has 1 N–H and O–H groups in total. The summed E-state index contributed by atoms with van der Waals surface area (Å²) in [7, 11) is 0. The summed E-state index contributed by atoms with van der Waals surface area (Å²) in [5.74, 6) is 0.234. The van der Waals surface area contributed by atoms with Crippen molar-refractivity contribution in [2.75, 3.05) is 13.1 Å². The van der Waals surface area contributed by atoms with E-state index in [9.17, 15) is 9.90 Å². The number of aliphatic hydroxyl groups is 1. The average Bonchev–Trinajstić information content (AvgIpc) is 2.28. The third kappa shape index (κ3) is 3.98. The van der Waals surface area contributed by atoms with Crippen LogP contribution in [0.1, 0.15) is 40.0 Å². The molecule has 0 aliphatic carbocycles. The van der Waals surface area contributed by atoms with Crippen LogP contribution >= 0.6 is 11.8 Å². The van der Waals surface area contributed by atoms with E-state index in [0.29, 0.717) is 0 Å². The molecule has 0 saturated carbocycles. The van der Waals surface area contributed by atoms with Gasteiger partial charge in [0.25, 0.3) is 0 Å². The lowest BCUT2D eigenvalue weighted by Gasteiger charge is -2.30. The molecule has 1 amide bonds. The number of hydrogen-bond donors (Lipinski definition) is 1. The second-order valence-corrected chi connectivity index (χ2v) is 6.33. The molecule has 3 unspecified atom stereocenters. The summed E-state index contributed by atoms with van der Waals surface area (Å²) in [6.07, 6.45) is 3.15. The van der Waals surface area contributed by atoms with E-state index in [1.54, 1.807) is 18.7 Å². The first-order valence-corrected chi connectivity index (χ1v) is 7.09. The van der Waals surface area contributed by atoms with Crippen molar-refractivity contribution < 1.29 is 9.90 Å². The molecular weight excluding hydrogens is 222 g/mol. The molecule has 0 spiro atoms. The Morgan fingerprint density at radius 3 is 2.25 bits per heavy atom. The third-order valence-electron chi connectivity index (χ3n) is 3.11. The normalized spacial score (nSPS) is 22.6. The largest absolute Gasteiger partial charge is 0.392 e. The van der Waals surface area contributed by atoms with Gasteiger partial charge in [-0.1, -0.05) is 6.92 Å². The Morgan fingerprint density at radius 1 is 1.19 bits per heavy atom. The standard InChI is InChI=1S/C12H23NO2S/c1-9(14)10(2)16-11(3)12(15)13-7-5-4-6-8-13/h9-11,14H,4-8H2,1-3H3. The second kappa shape index (κ2) is 6.50. The Balaban J connectivity index is 2.40. The number of hydrogen-bond acceptors (Lipinski definition) is 3. The molecule has 1 heterocycles. The van der Waals surface area contributed by atoms with Gasteiger partial charge in [0.15, 0.2) is 0 Å². The van der Waals surface area contributed by atoms with Crippen LogP contribution < -0.4 is 0 Å². The van der Waals surface area contributed by atoms with Gasteiger partial charge >= 0.3 is 0 Å². The Morgan fingerprint density at radius 2 is 1.75 bits per heavy atom. The minimum absolute atomic E-state index is 0.0392. The maximum atomic E-state index is 12.1. The summed E-state index contributed by atoms with van der Waals surface area (Å²) in [6, 6.07) is 0. The number of amides is 1. The monoisotopic (exact) mass is 245 g/mol. The Hall–Kier alpha value is -0.220. The van der Waals surface area contributed by atoms with E-state index in [1.807, 2.05) is 18.7 Å².